The van der Waals surface area contributed by atoms with Gasteiger partial charge in [-0.15, -0.1) is 35.3 Å². The predicted octanol–water partition coefficient (Wildman–Crippen LogP) is 3.40. The highest BCUT2D eigenvalue weighted by Crippen LogP contribution is 2.25. The summed E-state index contributed by atoms with van der Waals surface area (Å²) in [4.78, 5) is 9.29. The van der Waals surface area contributed by atoms with Crippen LogP contribution in [0.15, 0.2) is 22.5 Å². The molecule has 1 saturated heterocycles. The fourth-order valence-electron chi connectivity index (χ4n) is 2.51. The number of thiophene rings is 1. The first-order valence-corrected chi connectivity index (χ1v) is 8.66. The third-order valence-electron chi connectivity index (χ3n) is 3.93. The minimum absolute atomic E-state index is 0. The summed E-state index contributed by atoms with van der Waals surface area (Å²) in [6.07, 6.45) is -4.17. The summed E-state index contributed by atoms with van der Waals surface area (Å²) in [6.45, 7) is 6.44. The van der Waals surface area contributed by atoms with Gasteiger partial charge in [0.25, 0.3) is 0 Å². The molecule has 0 spiro atoms. The molecule has 1 aliphatic rings. The lowest BCUT2D eigenvalue weighted by Gasteiger charge is -2.39. The number of rotatable bonds is 4. The lowest BCUT2D eigenvalue weighted by atomic mass is 10.2. The molecule has 1 aromatic heterocycles. The molecule has 1 N–H and O–H groups in total. The predicted molar refractivity (Wildman–Crippen MR) is 103 cm³/mol. The van der Waals surface area contributed by atoms with E-state index in [0.717, 1.165) is 12.5 Å². The molecular weight excluding hydrogens is 452 g/mol. The molecule has 0 bridgehead atoms. The largest absolute Gasteiger partial charge is 0.403 e. The Labute approximate surface area is 162 Å². The van der Waals surface area contributed by atoms with Gasteiger partial charge in [0.1, 0.15) is 6.04 Å². The second-order valence-electron chi connectivity index (χ2n) is 5.49. The molecule has 0 radical (unpaired) electrons. The summed E-state index contributed by atoms with van der Waals surface area (Å²) in [6, 6.07) is 2.62. The van der Waals surface area contributed by atoms with Gasteiger partial charge in [0.05, 0.1) is 6.54 Å². The smallest absolute Gasteiger partial charge is 0.357 e. The first kappa shape index (κ1) is 21.5. The van der Waals surface area contributed by atoms with Crippen LogP contribution >= 0.6 is 35.3 Å². The third kappa shape index (κ3) is 6.07. The normalized spacial score (nSPS) is 18.2. The van der Waals surface area contributed by atoms with E-state index in [2.05, 4.69) is 10.3 Å². The SMILES string of the molecule is CCNC(=NCc1cccs1)N1CCN(C(C)C(F)(F)F)CC1.I. The molecule has 0 amide bonds. The lowest BCUT2D eigenvalue weighted by Crippen LogP contribution is -2.56. The van der Waals surface area contributed by atoms with Crippen molar-refractivity contribution in [1.29, 1.82) is 0 Å². The standard InChI is InChI=1S/C15H23F3N4S.HI/c1-3-19-14(20-11-13-5-4-10-23-13)22-8-6-21(7-9-22)12(2)15(16,17)18;/h4-5,10,12H,3,6-9,11H2,1-2H3,(H,19,20);1H. The monoisotopic (exact) mass is 476 g/mol. The second-order valence-corrected chi connectivity index (χ2v) is 6.52. The van der Waals surface area contributed by atoms with E-state index in [4.69, 9.17) is 0 Å². The van der Waals surface area contributed by atoms with Crippen molar-refractivity contribution in [3.05, 3.63) is 22.4 Å². The average Bonchev–Trinajstić information content (AvgIpc) is 3.03. The molecule has 4 nitrogen and oxygen atoms in total. The van der Waals surface area contributed by atoms with E-state index in [9.17, 15) is 13.2 Å². The van der Waals surface area contributed by atoms with Crippen LogP contribution in [0.1, 0.15) is 18.7 Å². The van der Waals surface area contributed by atoms with E-state index in [-0.39, 0.29) is 24.0 Å². The van der Waals surface area contributed by atoms with Crippen LogP contribution in [0.2, 0.25) is 0 Å². The second kappa shape index (κ2) is 9.81. The van der Waals surface area contributed by atoms with Gasteiger partial charge in [-0.3, -0.25) is 4.90 Å². The summed E-state index contributed by atoms with van der Waals surface area (Å²) in [5.41, 5.74) is 0. The van der Waals surface area contributed by atoms with E-state index < -0.39 is 12.2 Å². The van der Waals surface area contributed by atoms with Crippen molar-refractivity contribution in [2.75, 3.05) is 32.7 Å². The molecular formula is C15H24F3IN4S. The van der Waals surface area contributed by atoms with Crippen LogP contribution in [0.25, 0.3) is 0 Å². The van der Waals surface area contributed by atoms with Crippen LogP contribution in [-0.2, 0) is 6.54 Å². The van der Waals surface area contributed by atoms with Crippen LogP contribution < -0.4 is 5.32 Å². The van der Waals surface area contributed by atoms with Gasteiger partial charge >= 0.3 is 6.18 Å². The molecule has 1 aromatic rings. The van der Waals surface area contributed by atoms with Crippen molar-refractivity contribution in [3.8, 4) is 0 Å². The fraction of sp³-hybridized carbons (Fsp3) is 0.667. The Morgan fingerprint density at radius 3 is 2.50 bits per heavy atom. The summed E-state index contributed by atoms with van der Waals surface area (Å²) in [5.74, 6) is 0.778. The molecule has 9 heteroatoms. The molecule has 138 valence electrons. The quantitative estimate of drug-likeness (QED) is 0.411. The minimum Gasteiger partial charge on any atom is -0.357 e. The van der Waals surface area contributed by atoms with Crippen molar-refractivity contribution < 1.29 is 13.2 Å². The molecule has 0 saturated carbocycles. The Kier molecular flexibility index (Phi) is 8.78. The first-order chi connectivity index (χ1) is 10.9. The van der Waals surface area contributed by atoms with Crippen molar-refractivity contribution in [3.63, 3.8) is 0 Å². The number of nitrogens with zero attached hydrogens (tertiary/aromatic N) is 3. The molecule has 2 heterocycles. The van der Waals surface area contributed by atoms with Crippen molar-refractivity contribution in [1.82, 2.24) is 15.1 Å². The fourth-order valence-corrected chi connectivity index (χ4v) is 3.14. The van der Waals surface area contributed by atoms with E-state index >= 15 is 0 Å². The number of nitrogens with one attached hydrogen (secondary N) is 1. The zero-order valence-corrected chi connectivity index (χ0v) is 17.0. The summed E-state index contributed by atoms with van der Waals surface area (Å²) in [7, 11) is 0. The van der Waals surface area contributed by atoms with Gasteiger partial charge in [-0.2, -0.15) is 13.2 Å². The van der Waals surface area contributed by atoms with Gasteiger partial charge in [-0.05, 0) is 25.3 Å². The van der Waals surface area contributed by atoms with E-state index in [0.29, 0.717) is 32.7 Å². The van der Waals surface area contributed by atoms with Gasteiger partial charge in [0.15, 0.2) is 5.96 Å². The van der Waals surface area contributed by atoms with Crippen LogP contribution in [0.3, 0.4) is 0 Å². The average molecular weight is 476 g/mol. The third-order valence-corrected chi connectivity index (χ3v) is 4.80. The molecule has 1 aliphatic heterocycles. The molecule has 0 aromatic carbocycles. The minimum atomic E-state index is -4.17. The Morgan fingerprint density at radius 1 is 1.33 bits per heavy atom. The number of piperazine rings is 1. The molecule has 2 rings (SSSR count). The Morgan fingerprint density at radius 2 is 2.00 bits per heavy atom. The van der Waals surface area contributed by atoms with Crippen LogP contribution in [0.5, 0.6) is 0 Å². The first-order valence-electron chi connectivity index (χ1n) is 7.78. The highest BCUT2D eigenvalue weighted by molar-refractivity contribution is 14.0. The highest BCUT2D eigenvalue weighted by Gasteiger charge is 2.41. The van der Waals surface area contributed by atoms with Crippen LogP contribution in [-0.4, -0.2) is 60.7 Å². The zero-order valence-electron chi connectivity index (χ0n) is 13.8. The van der Waals surface area contributed by atoms with Gasteiger partial charge in [0.2, 0.25) is 0 Å². The lowest BCUT2D eigenvalue weighted by molar-refractivity contribution is -0.181. The topological polar surface area (TPSA) is 30.9 Å². The van der Waals surface area contributed by atoms with Crippen molar-refractivity contribution in [2.45, 2.75) is 32.6 Å². The number of alkyl halides is 3. The molecule has 1 atom stereocenters. The van der Waals surface area contributed by atoms with Crippen LogP contribution in [0.4, 0.5) is 13.2 Å². The number of hydrogen-bond acceptors (Lipinski definition) is 3. The summed E-state index contributed by atoms with van der Waals surface area (Å²) in [5, 5.41) is 5.24. The van der Waals surface area contributed by atoms with Crippen molar-refractivity contribution in [2.24, 2.45) is 4.99 Å². The maximum Gasteiger partial charge on any atom is 0.403 e. The van der Waals surface area contributed by atoms with Gasteiger partial charge in [-0.25, -0.2) is 4.99 Å². The maximum atomic E-state index is 12.8. The number of halogens is 4. The Balaban J connectivity index is 0.00000288. The van der Waals surface area contributed by atoms with E-state index in [1.54, 1.807) is 11.3 Å². The van der Waals surface area contributed by atoms with Crippen LogP contribution in [0, 0.1) is 0 Å². The molecule has 0 aliphatic carbocycles. The number of hydrogen-bond donors (Lipinski definition) is 1. The maximum absolute atomic E-state index is 12.8. The van der Waals surface area contributed by atoms with Gasteiger partial charge in [-0.1, -0.05) is 6.07 Å². The highest BCUT2D eigenvalue weighted by atomic mass is 127. The summed E-state index contributed by atoms with van der Waals surface area (Å²) >= 11 is 1.65. The zero-order chi connectivity index (χ0) is 16.9. The molecule has 1 fully saturated rings. The Bertz CT molecular complexity index is 499. The van der Waals surface area contributed by atoms with E-state index in [1.807, 2.05) is 29.3 Å². The number of aliphatic imine (C=N–C) groups is 1. The van der Waals surface area contributed by atoms with Gasteiger partial charge in [0, 0.05) is 37.6 Å². The molecule has 1 unspecified atom stereocenters. The number of guanidine groups is 1. The molecule has 24 heavy (non-hydrogen) atoms. The van der Waals surface area contributed by atoms with Gasteiger partial charge < -0.3 is 10.2 Å². The van der Waals surface area contributed by atoms with E-state index in [1.165, 1.54) is 16.7 Å². The Hall–Kier alpha value is -0.550. The van der Waals surface area contributed by atoms with Crippen molar-refractivity contribution >= 4 is 41.3 Å². The summed E-state index contributed by atoms with van der Waals surface area (Å²) < 4.78 is 38.4.